The SMILES string of the molecule is CC(C)(C#N)CCCS(=O)c1ccc(C(F)(F)F)cc1N. The second-order valence-corrected chi connectivity index (χ2v) is 6.94. The van der Waals surface area contributed by atoms with Gasteiger partial charge < -0.3 is 5.73 Å². The topological polar surface area (TPSA) is 66.9 Å². The van der Waals surface area contributed by atoms with Crippen molar-refractivity contribution in [1.82, 2.24) is 0 Å². The monoisotopic (exact) mass is 318 g/mol. The van der Waals surface area contributed by atoms with Gasteiger partial charge in [-0.25, -0.2) is 0 Å². The minimum Gasteiger partial charge on any atom is -0.398 e. The molecule has 7 heteroatoms. The van der Waals surface area contributed by atoms with Crippen LogP contribution in [0.5, 0.6) is 0 Å². The molecule has 0 amide bonds. The molecule has 3 nitrogen and oxygen atoms in total. The van der Waals surface area contributed by atoms with E-state index in [1.807, 2.05) is 0 Å². The number of rotatable bonds is 5. The van der Waals surface area contributed by atoms with E-state index >= 15 is 0 Å². The second kappa shape index (κ2) is 6.48. The van der Waals surface area contributed by atoms with Crippen molar-refractivity contribution in [3.8, 4) is 6.07 Å². The Hall–Kier alpha value is -1.55. The number of halogens is 3. The molecular weight excluding hydrogens is 301 g/mol. The van der Waals surface area contributed by atoms with Gasteiger partial charge in [0.2, 0.25) is 0 Å². The first-order chi connectivity index (χ1) is 9.57. The molecule has 0 saturated heterocycles. The zero-order valence-electron chi connectivity index (χ0n) is 11.8. The van der Waals surface area contributed by atoms with E-state index in [4.69, 9.17) is 11.0 Å². The highest BCUT2D eigenvalue weighted by Gasteiger charge is 2.31. The molecule has 0 fully saturated rings. The molecule has 1 aromatic rings. The average molecular weight is 318 g/mol. The van der Waals surface area contributed by atoms with Crippen LogP contribution in [0.2, 0.25) is 0 Å². The molecule has 0 saturated carbocycles. The maximum absolute atomic E-state index is 12.5. The van der Waals surface area contributed by atoms with Gasteiger partial charge in [0, 0.05) is 11.4 Å². The number of benzene rings is 1. The van der Waals surface area contributed by atoms with Crippen LogP contribution in [0.25, 0.3) is 0 Å². The maximum Gasteiger partial charge on any atom is 0.416 e. The molecule has 0 spiro atoms. The summed E-state index contributed by atoms with van der Waals surface area (Å²) in [5.41, 5.74) is 4.08. The van der Waals surface area contributed by atoms with Crippen molar-refractivity contribution in [1.29, 1.82) is 5.26 Å². The molecule has 0 aromatic heterocycles. The smallest absolute Gasteiger partial charge is 0.398 e. The van der Waals surface area contributed by atoms with E-state index < -0.39 is 28.0 Å². The van der Waals surface area contributed by atoms with Crippen LogP contribution in [-0.2, 0) is 17.0 Å². The van der Waals surface area contributed by atoms with Gasteiger partial charge in [-0.1, -0.05) is 0 Å². The number of nitrogen functional groups attached to an aromatic ring is 1. The van der Waals surface area contributed by atoms with E-state index in [0.29, 0.717) is 12.8 Å². The Morgan fingerprint density at radius 2 is 1.95 bits per heavy atom. The molecule has 116 valence electrons. The van der Waals surface area contributed by atoms with E-state index in [-0.39, 0.29) is 16.3 Å². The summed E-state index contributed by atoms with van der Waals surface area (Å²) in [6.45, 7) is 3.56. The lowest BCUT2D eigenvalue weighted by Crippen LogP contribution is -2.11. The van der Waals surface area contributed by atoms with Crippen molar-refractivity contribution in [2.24, 2.45) is 5.41 Å². The molecule has 1 aromatic carbocycles. The van der Waals surface area contributed by atoms with E-state index in [9.17, 15) is 17.4 Å². The normalized spacial score (nSPS) is 13.7. The van der Waals surface area contributed by atoms with Gasteiger partial charge in [0.15, 0.2) is 0 Å². The summed E-state index contributed by atoms with van der Waals surface area (Å²) in [6, 6.07) is 4.97. The Morgan fingerprint density at radius 3 is 2.43 bits per heavy atom. The number of alkyl halides is 3. The molecule has 0 bridgehead atoms. The lowest BCUT2D eigenvalue weighted by molar-refractivity contribution is -0.137. The van der Waals surface area contributed by atoms with Gasteiger partial charge >= 0.3 is 6.18 Å². The van der Waals surface area contributed by atoms with Crippen LogP contribution < -0.4 is 5.73 Å². The summed E-state index contributed by atoms with van der Waals surface area (Å²) in [5, 5.41) is 8.87. The number of anilines is 1. The Balaban J connectivity index is 2.74. The van der Waals surface area contributed by atoms with E-state index in [1.54, 1.807) is 13.8 Å². The fourth-order valence-electron chi connectivity index (χ4n) is 1.74. The van der Waals surface area contributed by atoms with Crippen LogP contribution in [-0.4, -0.2) is 9.96 Å². The molecule has 1 unspecified atom stereocenters. The number of nitriles is 1. The minimum atomic E-state index is -4.47. The highest BCUT2D eigenvalue weighted by molar-refractivity contribution is 7.85. The minimum absolute atomic E-state index is 0.122. The molecule has 1 rings (SSSR count). The third-order valence-electron chi connectivity index (χ3n) is 3.02. The van der Waals surface area contributed by atoms with E-state index in [2.05, 4.69) is 6.07 Å². The predicted molar refractivity (Wildman–Crippen MR) is 75.8 cm³/mol. The average Bonchev–Trinajstić information content (AvgIpc) is 2.37. The van der Waals surface area contributed by atoms with Gasteiger partial charge in [0.1, 0.15) is 0 Å². The van der Waals surface area contributed by atoms with Gasteiger partial charge in [0.05, 0.1) is 32.7 Å². The fraction of sp³-hybridized carbons (Fsp3) is 0.500. The van der Waals surface area contributed by atoms with Crippen molar-refractivity contribution in [2.75, 3.05) is 11.5 Å². The molecule has 0 aliphatic carbocycles. The fourth-order valence-corrected chi connectivity index (χ4v) is 2.91. The molecule has 0 aliphatic rings. The van der Waals surface area contributed by atoms with Crippen molar-refractivity contribution >= 4 is 16.5 Å². The Kier molecular flexibility index (Phi) is 5.40. The number of nitrogens with two attached hydrogens (primary N) is 1. The Labute approximate surface area is 124 Å². The highest BCUT2D eigenvalue weighted by atomic mass is 32.2. The van der Waals surface area contributed by atoms with Crippen LogP contribution in [0, 0.1) is 16.7 Å². The molecule has 0 heterocycles. The molecule has 0 aliphatic heterocycles. The molecule has 2 N–H and O–H groups in total. The zero-order chi connectivity index (χ0) is 16.3. The zero-order valence-corrected chi connectivity index (χ0v) is 12.6. The highest BCUT2D eigenvalue weighted by Crippen LogP contribution is 2.32. The van der Waals surface area contributed by atoms with Crippen molar-refractivity contribution in [3.05, 3.63) is 23.8 Å². The standard InChI is InChI=1S/C14H17F3N2OS/c1-13(2,9-18)6-3-7-21(20)12-5-4-10(8-11(12)19)14(15,16)17/h4-5,8H,3,6-7,19H2,1-2H3. The van der Waals surface area contributed by atoms with Crippen LogP contribution in [0.4, 0.5) is 18.9 Å². The number of hydrogen-bond acceptors (Lipinski definition) is 3. The summed E-state index contributed by atoms with van der Waals surface area (Å²) in [7, 11) is -1.47. The first kappa shape index (κ1) is 17.5. The molecule has 0 radical (unpaired) electrons. The Morgan fingerprint density at radius 1 is 1.33 bits per heavy atom. The van der Waals surface area contributed by atoms with Crippen LogP contribution in [0.15, 0.2) is 23.1 Å². The third kappa shape index (κ3) is 5.05. The van der Waals surface area contributed by atoms with E-state index in [0.717, 1.165) is 18.2 Å². The summed E-state index contributed by atoms with van der Waals surface area (Å²) in [4.78, 5) is 0.206. The van der Waals surface area contributed by atoms with Crippen molar-refractivity contribution < 1.29 is 17.4 Å². The third-order valence-corrected chi connectivity index (χ3v) is 4.54. The number of nitrogens with zero attached hydrogens (tertiary/aromatic N) is 1. The largest absolute Gasteiger partial charge is 0.416 e. The van der Waals surface area contributed by atoms with Crippen molar-refractivity contribution in [3.63, 3.8) is 0 Å². The quantitative estimate of drug-likeness (QED) is 0.841. The van der Waals surface area contributed by atoms with Crippen molar-refractivity contribution in [2.45, 2.75) is 37.8 Å². The van der Waals surface area contributed by atoms with E-state index in [1.165, 1.54) is 0 Å². The van der Waals surface area contributed by atoms with Gasteiger partial charge in [0.25, 0.3) is 0 Å². The van der Waals surface area contributed by atoms with Gasteiger partial charge in [-0.2, -0.15) is 18.4 Å². The van der Waals surface area contributed by atoms with Gasteiger partial charge in [-0.05, 0) is 44.9 Å². The molecular formula is C14H17F3N2OS. The van der Waals surface area contributed by atoms with Gasteiger partial charge in [-0.3, -0.25) is 4.21 Å². The summed E-state index contributed by atoms with van der Waals surface area (Å²) in [5.74, 6) is 0.265. The lowest BCUT2D eigenvalue weighted by Gasteiger charge is -2.14. The predicted octanol–water partition coefficient (Wildman–Crippen LogP) is 3.73. The first-order valence-corrected chi connectivity index (χ1v) is 7.65. The second-order valence-electron chi connectivity index (χ2n) is 5.40. The summed E-state index contributed by atoms with van der Waals surface area (Å²) in [6.07, 6.45) is -3.37. The molecule has 1 atom stereocenters. The Bertz CT molecular complexity index is 577. The summed E-state index contributed by atoms with van der Waals surface area (Å²) >= 11 is 0. The maximum atomic E-state index is 12.5. The van der Waals surface area contributed by atoms with Gasteiger partial charge in [-0.15, -0.1) is 0 Å². The van der Waals surface area contributed by atoms with Crippen LogP contribution in [0.3, 0.4) is 0 Å². The number of hydrogen-bond donors (Lipinski definition) is 1. The lowest BCUT2D eigenvalue weighted by atomic mass is 9.90. The van der Waals surface area contributed by atoms with Crippen LogP contribution >= 0.6 is 0 Å². The summed E-state index contributed by atoms with van der Waals surface area (Å²) < 4.78 is 49.6. The first-order valence-electron chi connectivity index (χ1n) is 6.33. The van der Waals surface area contributed by atoms with Crippen LogP contribution in [0.1, 0.15) is 32.3 Å². The molecule has 21 heavy (non-hydrogen) atoms.